The fourth-order valence-corrected chi connectivity index (χ4v) is 3.47. The Morgan fingerprint density at radius 1 is 0.697 bits per heavy atom. The van der Waals surface area contributed by atoms with Gasteiger partial charge in [-0.25, -0.2) is 13.2 Å². The van der Waals surface area contributed by atoms with E-state index in [0.717, 1.165) is 35.4 Å². The van der Waals surface area contributed by atoms with Gasteiger partial charge in [-0.3, -0.25) is 0 Å². The summed E-state index contributed by atoms with van der Waals surface area (Å²) in [5.41, 5.74) is 2.90. The van der Waals surface area contributed by atoms with E-state index >= 15 is 0 Å². The number of rotatable bonds is 6. The number of ether oxygens (including phenoxy) is 1. The normalized spacial score (nSPS) is 10.5. The molecule has 0 bridgehead atoms. The molecule has 0 saturated carbocycles. The standard InChI is InChI=1S/C29H21F3O/c1-2-15-33-26-13-8-20(9-14-26)3-4-22-6-11-23(27(30)17-22)10-5-21-7-12-24-18-28(31)29(32)19-25(24)16-21/h2,6-9,11-14,16-19H,1,3-4,15H2. The molecule has 0 unspecified atom stereocenters. The predicted octanol–water partition coefficient (Wildman–Crippen LogP) is 7.01. The highest BCUT2D eigenvalue weighted by Crippen LogP contribution is 2.20. The maximum atomic E-state index is 14.6. The first kappa shape index (κ1) is 22.2. The molecule has 0 heterocycles. The van der Waals surface area contributed by atoms with Crippen LogP contribution in [0.5, 0.6) is 5.75 Å². The van der Waals surface area contributed by atoms with Crippen LogP contribution in [0.1, 0.15) is 22.3 Å². The smallest absolute Gasteiger partial charge is 0.159 e. The molecule has 4 heteroatoms. The van der Waals surface area contributed by atoms with E-state index in [4.69, 9.17) is 4.74 Å². The van der Waals surface area contributed by atoms with Crippen molar-refractivity contribution in [3.8, 4) is 17.6 Å². The third-order valence-corrected chi connectivity index (χ3v) is 5.25. The lowest BCUT2D eigenvalue weighted by molar-refractivity contribution is 0.363. The minimum Gasteiger partial charge on any atom is -0.490 e. The molecule has 4 aromatic carbocycles. The van der Waals surface area contributed by atoms with Gasteiger partial charge in [0.1, 0.15) is 18.2 Å². The van der Waals surface area contributed by atoms with Gasteiger partial charge in [0, 0.05) is 5.56 Å². The van der Waals surface area contributed by atoms with Gasteiger partial charge in [-0.15, -0.1) is 0 Å². The zero-order chi connectivity index (χ0) is 23.2. The van der Waals surface area contributed by atoms with E-state index in [-0.39, 0.29) is 11.4 Å². The average molecular weight is 442 g/mol. The Kier molecular flexibility index (Phi) is 6.80. The zero-order valence-corrected chi connectivity index (χ0v) is 17.9. The Bertz CT molecular complexity index is 1360. The van der Waals surface area contributed by atoms with Crippen LogP contribution >= 0.6 is 0 Å². The third kappa shape index (κ3) is 5.64. The second-order valence-corrected chi connectivity index (χ2v) is 7.64. The molecule has 4 aromatic rings. The zero-order valence-electron chi connectivity index (χ0n) is 17.9. The van der Waals surface area contributed by atoms with Crippen molar-refractivity contribution in [1.82, 2.24) is 0 Å². The minimum atomic E-state index is -0.911. The number of fused-ring (bicyclic) bond motifs is 1. The summed E-state index contributed by atoms with van der Waals surface area (Å²) in [6.07, 6.45) is 3.17. The topological polar surface area (TPSA) is 9.23 Å². The van der Waals surface area contributed by atoms with Crippen LogP contribution in [-0.2, 0) is 12.8 Å². The van der Waals surface area contributed by atoms with Gasteiger partial charge in [-0.2, -0.15) is 0 Å². The summed E-state index contributed by atoms with van der Waals surface area (Å²) in [6, 6.07) is 20.2. The Morgan fingerprint density at radius 3 is 2.12 bits per heavy atom. The van der Waals surface area contributed by atoms with E-state index < -0.39 is 11.6 Å². The van der Waals surface area contributed by atoms with E-state index in [1.165, 1.54) is 6.07 Å². The van der Waals surface area contributed by atoms with Crippen LogP contribution < -0.4 is 4.74 Å². The maximum absolute atomic E-state index is 14.6. The van der Waals surface area contributed by atoms with Crippen LogP contribution in [-0.4, -0.2) is 6.61 Å². The Labute approximate surface area is 191 Å². The first-order valence-corrected chi connectivity index (χ1v) is 10.5. The SMILES string of the molecule is C=CCOc1ccc(CCc2ccc(C#Cc3ccc4cc(F)c(F)cc4c3)c(F)c2)cc1. The van der Waals surface area contributed by atoms with Crippen molar-refractivity contribution in [2.24, 2.45) is 0 Å². The molecule has 0 aliphatic heterocycles. The highest BCUT2D eigenvalue weighted by molar-refractivity contribution is 5.84. The molecule has 1 nitrogen and oxygen atoms in total. The molecule has 0 saturated heterocycles. The number of hydrogen-bond donors (Lipinski definition) is 0. The van der Waals surface area contributed by atoms with E-state index in [0.29, 0.717) is 29.4 Å². The molecule has 0 aromatic heterocycles. The molecule has 164 valence electrons. The van der Waals surface area contributed by atoms with Gasteiger partial charge in [-0.05, 0) is 83.3 Å². The lowest BCUT2D eigenvalue weighted by Gasteiger charge is -2.06. The van der Waals surface area contributed by atoms with Crippen LogP contribution in [0.3, 0.4) is 0 Å². The first-order chi connectivity index (χ1) is 16.0. The van der Waals surface area contributed by atoms with E-state index in [1.54, 1.807) is 30.3 Å². The van der Waals surface area contributed by atoms with Gasteiger partial charge in [0.25, 0.3) is 0 Å². The van der Waals surface area contributed by atoms with Crippen LogP contribution in [0.2, 0.25) is 0 Å². The molecule has 0 radical (unpaired) electrons. The number of benzene rings is 4. The second-order valence-electron chi connectivity index (χ2n) is 7.64. The van der Waals surface area contributed by atoms with Crippen molar-refractivity contribution in [2.75, 3.05) is 6.61 Å². The molecule has 0 N–H and O–H groups in total. The maximum Gasteiger partial charge on any atom is 0.159 e. The van der Waals surface area contributed by atoms with Gasteiger partial charge < -0.3 is 4.74 Å². The fourth-order valence-electron chi connectivity index (χ4n) is 3.47. The first-order valence-electron chi connectivity index (χ1n) is 10.5. The summed E-state index contributed by atoms with van der Waals surface area (Å²) in [6.45, 7) is 4.09. The molecule has 33 heavy (non-hydrogen) atoms. The minimum absolute atomic E-state index is 0.285. The highest BCUT2D eigenvalue weighted by Gasteiger charge is 2.05. The van der Waals surface area contributed by atoms with Gasteiger partial charge in [0.05, 0.1) is 5.56 Å². The number of aryl methyl sites for hydroxylation is 2. The van der Waals surface area contributed by atoms with Crippen molar-refractivity contribution in [3.05, 3.63) is 125 Å². The van der Waals surface area contributed by atoms with E-state index in [9.17, 15) is 13.2 Å². The Hall–Kier alpha value is -3.97. The molecule has 0 fully saturated rings. The summed E-state index contributed by atoms with van der Waals surface area (Å²) >= 11 is 0. The van der Waals surface area contributed by atoms with E-state index in [1.807, 2.05) is 30.3 Å². The van der Waals surface area contributed by atoms with Gasteiger partial charge >= 0.3 is 0 Å². The molecule has 4 rings (SSSR count). The predicted molar refractivity (Wildman–Crippen MR) is 126 cm³/mol. The van der Waals surface area contributed by atoms with Crippen molar-refractivity contribution < 1.29 is 17.9 Å². The van der Waals surface area contributed by atoms with Gasteiger partial charge in [-0.1, -0.05) is 48.8 Å². The molecule has 0 aliphatic carbocycles. The summed E-state index contributed by atoms with van der Waals surface area (Å²) in [4.78, 5) is 0. The summed E-state index contributed by atoms with van der Waals surface area (Å²) in [5.74, 6) is 4.33. The Balaban J connectivity index is 1.43. The molecular formula is C29H21F3O. The average Bonchev–Trinajstić information content (AvgIpc) is 2.82. The molecule has 0 aliphatic rings. The van der Waals surface area contributed by atoms with Crippen LogP contribution in [0.4, 0.5) is 13.2 Å². The van der Waals surface area contributed by atoms with Crippen molar-refractivity contribution in [1.29, 1.82) is 0 Å². The monoisotopic (exact) mass is 442 g/mol. The van der Waals surface area contributed by atoms with E-state index in [2.05, 4.69) is 18.4 Å². The summed E-state index contributed by atoms with van der Waals surface area (Å²) in [7, 11) is 0. The second kappa shape index (κ2) is 10.1. The highest BCUT2D eigenvalue weighted by atomic mass is 19.2. The summed E-state index contributed by atoms with van der Waals surface area (Å²) in [5, 5.41) is 1.12. The van der Waals surface area contributed by atoms with Gasteiger partial charge in [0.2, 0.25) is 0 Å². The van der Waals surface area contributed by atoms with Crippen LogP contribution in [0.25, 0.3) is 10.8 Å². The largest absolute Gasteiger partial charge is 0.490 e. The molecule has 0 spiro atoms. The lowest BCUT2D eigenvalue weighted by Crippen LogP contribution is -1.95. The molecule has 0 amide bonds. The van der Waals surface area contributed by atoms with Crippen molar-refractivity contribution >= 4 is 10.8 Å². The lowest BCUT2D eigenvalue weighted by atomic mass is 10.0. The number of halogens is 3. The molecule has 0 atom stereocenters. The third-order valence-electron chi connectivity index (χ3n) is 5.25. The molecular weight excluding hydrogens is 421 g/mol. The van der Waals surface area contributed by atoms with Crippen LogP contribution in [0, 0.1) is 29.3 Å². The van der Waals surface area contributed by atoms with Crippen molar-refractivity contribution in [2.45, 2.75) is 12.8 Å². The fraction of sp³-hybridized carbons (Fsp3) is 0.103. The summed E-state index contributed by atoms with van der Waals surface area (Å²) < 4.78 is 46.9. The Morgan fingerprint density at radius 2 is 1.39 bits per heavy atom. The quantitative estimate of drug-likeness (QED) is 0.231. The number of hydrogen-bond acceptors (Lipinski definition) is 1. The van der Waals surface area contributed by atoms with Crippen LogP contribution in [0.15, 0.2) is 85.5 Å². The van der Waals surface area contributed by atoms with Gasteiger partial charge in [0.15, 0.2) is 11.6 Å². The van der Waals surface area contributed by atoms with Crippen molar-refractivity contribution in [3.63, 3.8) is 0 Å².